The molecule has 0 aliphatic carbocycles. The Morgan fingerprint density at radius 2 is 1.81 bits per heavy atom. The van der Waals surface area contributed by atoms with Crippen molar-refractivity contribution in [1.82, 2.24) is 14.6 Å². The van der Waals surface area contributed by atoms with Gasteiger partial charge >= 0.3 is 0 Å². The molecule has 0 spiro atoms. The maximum Gasteiger partial charge on any atom is 0.240 e. The summed E-state index contributed by atoms with van der Waals surface area (Å²) in [7, 11) is -3.55. The molecule has 2 N–H and O–H groups in total. The van der Waals surface area contributed by atoms with Crippen LogP contribution in [0.3, 0.4) is 0 Å². The Morgan fingerprint density at radius 3 is 2.69 bits per heavy atom. The van der Waals surface area contributed by atoms with E-state index in [1.165, 1.54) is 22.7 Å². The molecule has 2 aliphatic rings. The zero-order chi connectivity index (χ0) is 22.0. The molecule has 1 saturated heterocycles. The summed E-state index contributed by atoms with van der Waals surface area (Å²) in [6, 6.07) is 13.2. The molecule has 0 amide bonds. The Hall–Kier alpha value is -2.75. The van der Waals surface area contributed by atoms with E-state index in [9.17, 15) is 8.42 Å². The average Bonchev–Trinajstić information content (AvgIpc) is 3.48. The van der Waals surface area contributed by atoms with Crippen molar-refractivity contribution < 1.29 is 17.9 Å². The maximum absolute atomic E-state index is 12.5. The quantitative estimate of drug-likeness (QED) is 0.507. The minimum atomic E-state index is -3.55. The lowest BCUT2D eigenvalue weighted by Crippen LogP contribution is -2.46. The molecule has 8 nitrogen and oxygen atoms in total. The predicted octanol–water partition coefficient (Wildman–Crippen LogP) is 2.78. The summed E-state index contributed by atoms with van der Waals surface area (Å²) in [6.45, 7) is 5.57. The molecule has 2 aromatic carbocycles. The van der Waals surface area contributed by atoms with Gasteiger partial charge in [0.2, 0.25) is 16.8 Å². The first-order chi connectivity index (χ1) is 15.6. The van der Waals surface area contributed by atoms with E-state index in [1.54, 1.807) is 12.1 Å². The Balaban J connectivity index is 1.05. The van der Waals surface area contributed by atoms with Gasteiger partial charge in [-0.1, -0.05) is 6.07 Å². The monoisotopic (exact) mass is 456 g/mol. The van der Waals surface area contributed by atoms with Crippen molar-refractivity contribution in [3.05, 3.63) is 48.7 Å². The van der Waals surface area contributed by atoms with Crippen molar-refractivity contribution in [3.63, 3.8) is 0 Å². The number of fused-ring (bicyclic) bond motifs is 2. The molecule has 1 aromatic heterocycles. The number of unbranched alkanes of at least 4 members (excludes halogenated alkanes) is 1. The van der Waals surface area contributed by atoms with E-state index in [-0.39, 0.29) is 11.7 Å². The lowest BCUT2D eigenvalue weighted by Gasteiger charge is -2.36. The van der Waals surface area contributed by atoms with Gasteiger partial charge in [-0.05, 0) is 49.7 Å². The molecule has 3 aromatic rings. The van der Waals surface area contributed by atoms with Gasteiger partial charge in [0.15, 0.2) is 11.5 Å². The van der Waals surface area contributed by atoms with E-state index in [0.29, 0.717) is 18.0 Å². The number of hydrogen-bond donors (Lipinski definition) is 2. The molecule has 0 saturated carbocycles. The molecular formula is C23H28N4O4S. The van der Waals surface area contributed by atoms with Crippen LogP contribution in [-0.4, -0.2) is 64.4 Å². The molecule has 1 fully saturated rings. The van der Waals surface area contributed by atoms with Gasteiger partial charge in [-0.3, -0.25) is 4.90 Å². The highest BCUT2D eigenvalue weighted by molar-refractivity contribution is 7.89. The van der Waals surface area contributed by atoms with Crippen molar-refractivity contribution in [2.45, 2.75) is 17.7 Å². The second kappa shape index (κ2) is 9.01. The van der Waals surface area contributed by atoms with Gasteiger partial charge < -0.3 is 19.4 Å². The Kier molecular flexibility index (Phi) is 5.95. The number of anilines is 1. The largest absolute Gasteiger partial charge is 0.454 e. The topological polar surface area (TPSA) is 86.9 Å². The lowest BCUT2D eigenvalue weighted by atomic mass is 10.1. The van der Waals surface area contributed by atoms with Crippen LogP contribution in [0.2, 0.25) is 0 Å². The number of piperazine rings is 1. The highest BCUT2D eigenvalue weighted by atomic mass is 32.2. The number of aromatic nitrogens is 1. The summed E-state index contributed by atoms with van der Waals surface area (Å²) >= 11 is 0. The number of H-pyrrole nitrogens is 1. The molecule has 2 aliphatic heterocycles. The summed E-state index contributed by atoms with van der Waals surface area (Å²) in [5, 5.41) is 1.27. The van der Waals surface area contributed by atoms with E-state index in [1.807, 2.05) is 6.20 Å². The van der Waals surface area contributed by atoms with Crippen LogP contribution >= 0.6 is 0 Å². The number of ether oxygens (including phenoxy) is 2. The molecule has 5 rings (SSSR count). The predicted molar refractivity (Wildman–Crippen MR) is 124 cm³/mol. The fraction of sp³-hybridized carbons (Fsp3) is 0.391. The minimum Gasteiger partial charge on any atom is -0.454 e. The Morgan fingerprint density at radius 1 is 0.969 bits per heavy atom. The third-order valence-electron chi connectivity index (χ3n) is 6.13. The smallest absolute Gasteiger partial charge is 0.240 e. The molecule has 32 heavy (non-hydrogen) atoms. The van der Waals surface area contributed by atoms with Gasteiger partial charge in [-0.25, -0.2) is 13.1 Å². The van der Waals surface area contributed by atoms with Crippen LogP contribution in [0.4, 0.5) is 5.69 Å². The number of nitrogens with zero attached hydrogens (tertiary/aromatic N) is 2. The van der Waals surface area contributed by atoms with E-state index < -0.39 is 10.0 Å². The molecule has 170 valence electrons. The fourth-order valence-corrected chi connectivity index (χ4v) is 5.44. The number of sulfonamides is 1. The van der Waals surface area contributed by atoms with Gasteiger partial charge in [0.05, 0.1) is 4.90 Å². The van der Waals surface area contributed by atoms with Crippen LogP contribution in [0.1, 0.15) is 12.8 Å². The van der Waals surface area contributed by atoms with Crippen LogP contribution in [0.15, 0.2) is 53.6 Å². The van der Waals surface area contributed by atoms with E-state index in [4.69, 9.17) is 9.47 Å². The maximum atomic E-state index is 12.5. The summed E-state index contributed by atoms with van der Waals surface area (Å²) in [5.74, 6) is 1.05. The van der Waals surface area contributed by atoms with E-state index >= 15 is 0 Å². The SMILES string of the molecule is O=S(=O)(NCCCCN1CCN(c2cccc3[nH]ccc23)CC1)c1ccc2c(c1)OCO2. The summed E-state index contributed by atoms with van der Waals surface area (Å²) in [4.78, 5) is 8.39. The molecule has 0 unspecified atom stereocenters. The Labute approximate surface area is 188 Å². The van der Waals surface area contributed by atoms with Gasteiger partial charge in [0.25, 0.3) is 0 Å². The zero-order valence-corrected chi connectivity index (χ0v) is 18.7. The fourth-order valence-electron chi connectivity index (χ4n) is 4.35. The van der Waals surface area contributed by atoms with Crippen molar-refractivity contribution in [2.75, 3.05) is 51.0 Å². The van der Waals surface area contributed by atoms with Crippen LogP contribution < -0.4 is 19.1 Å². The normalized spacial score (nSPS) is 16.7. The standard InChI is InChI=1S/C23H28N4O4S/c28-32(29,18-6-7-22-23(16-18)31-17-30-22)25-9-1-2-11-26-12-14-27(15-13-26)21-5-3-4-20-19(21)8-10-24-20/h3-8,10,16,24-25H,1-2,9,11-15,17H2. The zero-order valence-electron chi connectivity index (χ0n) is 17.9. The molecule has 3 heterocycles. The summed E-state index contributed by atoms with van der Waals surface area (Å²) in [5.41, 5.74) is 2.47. The molecule has 9 heteroatoms. The van der Waals surface area contributed by atoms with E-state index in [0.717, 1.165) is 45.6 Å². The first-order valence-corrected chi connectivity index (χ1v) is 12.5. The number of nitrogens with one attached hydrogen (secondary N) is 2. The first kappa shape index (κ1) is 21.1. The van der Waals surface area contributed by atoms with Gasteiger partial charge in [0, 0.05) is 61.6 Å². The van der Waals surface area contributed by atoms with Gasteiger partial charge in [0.1, 0.15) is 0 Å². The highest BCUT2D eigenvalue weighted by Gasteiger charge is 2.21. The van der Waals surface area contributed by atoms with Crippen molar-refractivity contribution in [1.29, 1.82) is 0 Å². The Bertz CT molecular complexity index is 1190. The second-order valence-electron chi connectivity index (χ2n) is 8.16. The van der Waals surface area contributed by atoms with Crippen LogP contribution in [0, 0.1) is 0 Å². The lowest BCUT2D eigenvalue weighted by molar-refractivity contribution is 0.174. The average molecular weight is 457 g/mol. The van der Waals surface area contributed by atoms with Crippen LogP contribution in [0.25, 0.3) is 10.9 Å². The first-order valence-electron chi connectivity index (χ1n) is 11.0. The number of rotatable bonds is 8. The van der Waals surface area contributed by atoms with Crippen molar-refractivity contribution >= 4 is 26.6 Å². The number of hydrogen-bond acceptors (Lipinski definition) is 6. The van der Waals surface area contributed by atoms with Crippen LogP contribution in [0.5, 0.6) is 11.5 Å². The molecule has 0 bridgehead atoms. The van der Waals surface area contributed by atoms with Crippen molar-refractivity contribution in [3.8, 4) is 11.5 Å². The van der Waals surface area contributed by atoms with E-state index in [2.05, 4.69) is 43.8 Å². The highest BCUT2D eigenvalue weighted by Crippen LogP contribution is 2.33. The summed E-state index contributed by atoms with van der Waals surface area (Å²) in [6.07, 6.45) is 3.74. The molecular weight excluding hydrogens is 428 g/mol. The number of aromatic amines is 1. The van der Waals surface area contributed by atoms with Gasteiger partial charge in [-0.15, -0.1) is 0 Å². The third-order valence-corrected chi connectivity index (χ3v) is 7.59. The molecule has 0 atom stereocenters. The number of benzene rings is 2. The van der Waals surface area contributed by atoms with Crippen LogP contribution in [-0.2, 0) is 10.0 Å². The minimum absolute atomic E-state index is 0.127. The summed E-state index contributed by atoms with van der Waals surface area (Å²) < 4.78 is 38.2. The molecule has 0 radical (unpaired) electrons. The third kappa shape index (κ3) is 4.41. The van der Waals surface area contributed by atoms with Crippen molar-refractivity contribution in [2.24, 2.45) is 0 Å². The second-order valence-corrected chi connectivity index (χ2v) is 9.93. The van der Waals surface area contributed by atoms with Gasteiger partial charge in [-0.2, -0.15) is 0 Å².